The van der Waals surface area contributed by atoms with Gasteiger partial charge in [-0.05, 0) is 18.6 Å². The fraction of sp³-hybridized carbons (Fsp3) is 0.375. The summed E-state index contributed by atoms with van der Waals surface area (Å²) in [6.07, 6.45) is 9.16. The zero-order chi connectivity index (χ0) is 13.9. The Morgan fingerprint density at radius 2 is 1.79 bits per heavy atom. The Bertz CT molecular complexity index is 485. The van der Waals surface area contributed by atoms with Gasteiger partial charge in [-0.25, -0.2) is 0 Å². The third kappa shape index (κ3) is 2.26. The van der Waals surface area contributed by atoms with E-state index in [0.29, 0.717) is 0 Å². The lowest BCUT2D eigenvalue weighted by atomic mass is 9.74. The number of hydrogen-bond donors (Lipinski definition) is 1. The maximum absolute atomic E-state index is 6.69. The Morgan fingerprint density at radius 3 is 2.32 bits per heavy atom. The van der Waals surface area contributed by atoms with Crippen LogP contribution in [0.3, 0.4) is 0 Å². The SMILES string of the molecule is CCC1C=CC=CC1(N)c1c(OC)cccc1OC. The predicted octanol–water partition coefficient (Wildman–Crippen LogP) is 3.01. The van der Waals surface area contributed by atoms with Gasteiger partial charge < -0.3 is 15.2 Å². The monoisotopic (exact) mass is 259 g/mol. The van der Waals surface area contributed by atoms with Crippen LogP contribution in [0.15, 0.2) is 42.5 Å². The molecule has 0 heterocycles. The first kappa shape index (κ1) is 13.7. The third-order valence-corrected chi connectivity index (χ3v) is 3.74. The van der Waals surface area contributed by atoms with E-state index < -0.39 is 5.54 Å². The van der Waals surface area contributed by atoms with E-state index in [-0.39, 0.29) is 5.92 Å². The number of benzene rings is 1. The van der Waals surface area contributed by atoms with Gasteiger partial charge in [0.2, 0.25) is 0 Å². The summed E-state index contributed by atoms with van der Waals surface area (Å²) in [7, 11) is 3.32. The molecule has 3 nitrogen and oxygen atoms in total. The molecule has 2 N–H and O–H groups in total. The van der Waals surface area contributed by atoms with Crippen molar-refractivity contribution in [2.24, 2.45) is 11.7 Å². The molecule has 102 valence electrons. The molecule has 1 aliphatic carbocycles. The Kier molecular flexibility index (Phi) is 3.96. The molecule has 0 spiro atoms. The fourth-order valence-corrected chi connectivity index (χ4v) is 2.72. The molecule has 2 rings (SSSR count). The predicted molar refractivity (Wildman–Crippen MR) is 77.5 cm³/mol. The molecule has 19 heavy (non-hydrogen) atoms. The summed E-state index contributed by atoms with van der Waals surface area (Å²) in [5.41, 5.74) is 7.00. The topological polar surface area (TPSA) is 44.5 Å². The Morgan fingerprint density at radius 1 is 1.16 bits per heavy atom. The van der Waals surface area contributed by atoms with E-state index in [1.807, 2.05) is 36.4 Å². The van der Waals surface area contributed by atoms with Crippen LogP contribution in [0, 0.1) is 5.92 Å². The Balaban J connectivity index is 2.62. The summed E-state index contributed by atoms with van der Waals surface area (Å²) in [4.78, 5) is 0. The highest BCUT2D eigenvalue weighted by Gasteiger charge is 2.37. The molecule has 0 saturated carbocycles. The fourth-order valence-electron chi connectivity index (χ4n) is 2.72. The average molecular weight is 259 g/mol. The minimum atomic E-state index is -0.596. The van der Waals surface area contributed by atoms with Gasteiger partial charge in [0.15, 0.2) is 0 Å². The van der Waals surface area contributed by atoms with Gasteiger partial charge in [0.25, 0.3) is 0 Å². The quantitative estimate of drug-likeness (QED) is 0.904. The summed E-state index contributed by atoms with van der Waals surface area (Å²) in [5, 5.41) is 0. The molecule has 3 heteroatoms. The lowest BCUT2D eigenvalue weighted by Crippen LogP contribution is -2.43. The van der Waals surface area contributed by atoms with E-state index in [1.165, 1.54) is 0 Å². The van der Waals surface area contributed by atoms with Crippen LogP contribution in [0.1, 0.15) is 18.9 Å². The summed E-state index contributed by atoms with van der Waals surface area (Å²) in [6.45, 7) is 2.14. The first-order chi connectivity index (χ1) is 9.17. The van der Waals surface area contributed by atoms with Gasteiger partial charge in [-0.15, -0.1) is 0 Å². The number of rotatable bonds is 4. The Labute approximate surface area is 114 Å². The van der Waals surface area contributed by atoms with Crippen molar-refractivity contribution >= 4 is 0 Å². The molecule has 0 radical (unpaired) electrons. The van der Waals surface area contributed by atoms with Gasteiger partial charge >= 0.3 is 0 Å². The maximum Gasteiger partial charge on any atom is 0.127 e. The summed E-state index contributed by atoms with van der Waals surface area (Å²) in [6, 6.07) is 5.75. The van der Waals surface area contributed by atoms with E-state index in [0.717, 1.165) is 23.5 Å². The number of ether oxygens (including phenoxy) is 2. The van der Waals surface area contributed by atoms with E-state index in [4.69, 9.17) is 15.2 Å². The number of methoxy groups -OCH3 is 2. The third-order valence-electron chi connectivity index (χ3n) is 3.74. The normalized spacial score (nSPS) is 25.4. The second kappa shape index (κ2) is 5.49. The molecule has 0 saturated heterocycles. The molecule has 0 aromatic heterocycles. The largest absolute Gasteiger partial charge is 0.496 e. The van der Waals surface area contributed by atoms with Crippen LogP contribution in [0.4, 0.5) is 0 Å². The van der Waals surface area contributed by atoms with Crippen molar-refractivity contribution in [3.63, 3.8) is 0 Å². The van der Waals surface area contributed by atoms with Crippen molar-refractivity contribution < 1.29 is 9.47 Å². The molecule has 2 unspecified atom stereocenters. The zero-order valence-corrected chi connectivity index (χ0v) is 11.7. The van der Waals surface area contributed by atoms with Crippen LogP contribution >= 0.6 is 0 Å². The highest BCUT2D eigenvalue weighted by Crippen LogP contribution is 2.43. The highest BCUT2D eigenvalue weighted by atomic mass is 16.5. The molecule has 0 bridgehead atoms. The summed E-state index contributed by atoms with van der Waals surface area (Å²) in [5.74, 6) is 1.75. The number of nitrogens with two attached hydrogens (primary N) is 1. The van der Waals surface area contributed by atoms with Crippen molar-refractivity contribution in [3.8, 4) is 11.5 Å². The van der Waals surface area contributed by atoms with E-state index in [2.05, 4.69) is 13.0 Å². The van der Waals surface area contributed by atoms with Gasteiger partial charge in [-0.2, -0.15) is 0 Å². The van der Waals surface area contributed by atoms with Gasteiger partial charge in [0, 0.05) is 5.92 Å². The van der Waals surface area contributed by atoms with Gasteiger partial charge in [-0.3, -0.25) is 0 Å². The molecule has 1 aliphatic rings. The standard InChI is InChI=1S/C16H21NO2/c1-4-12-8-5-6-11-16(12,17)15-13(18-2)9-7-10-14(15)19-3/h5-12H,4,17H2,1-3H3. The number of allylic oxidation sites excluding steroid dienone is 2. The van der Waals surface area contributed by atoms with Crippen molar-refractivity contribution in [2.75, 3.05) is 14.2 Å². The molecule has 1 aromatic rings. The first-order valence-corrected chi connectivity index (χ1v) is 6.53. The van der Waals surface area contributed by atoms with Crippen LogP contribution in [0.25, 0.3) is 0 Å². The van der Waals surface area contributed by atoms with Crippen LogP contribution in [-0.4, -0.2) is 14.2 Å². The molecule has 0 aliphatic heterocycles. The first-order valence-electron chi connectivity index (χ1n) is 6.53. The molecule has 0 fully saturated rings. The van der Waals surface area contributed by atoms with Crippen molar-refractivity contribution in [3.05, 3.63) is 48.1 Å². The lowest BCUT2D eigenvalue weighted by molar-refractivity contribution is 0.331. The molecule has 2 atom stereocenters. The van der Waals surface area contributed by atoms with Crippen LogP contribution < -0.4 is 15.2 Å². The maximum atomic E-state index is 6.69. The molecule has 1 aromatic carbocycles. The minimum Gasteiger partial charge on any atom is -0.496 e. The van der Waals surface area contributed by atoms with Crippen molar-refractivity contribution in [1.29, 1.82) is 0 Å². The van der Waals surface area contributed by atoms with E-state index >= 15 is 0 Å². The van der Waals surface area contributed by atoms with Gasteiger partial charge in [-0.1, -0.05) is 37.3 Å². The minimum absolute atomic E-state index is 0.225. The smallest absolute Gasteiger partial charge is 0.127 e. The van der Waals surface area contributed by atoms with Crippen LogP contribution in [-0.2, 0) is 5.54 Å². The lowest BCUT2D eigenvalue weighted by Gasteiger charge is -2.36. The molecular weight excluding hydrogens is 238 g/mol. The summed E-state index contributed by atoms with van der Waals surface area (Å²) < 4.78 is 11.0. The second-order valence-corrected chi connectivity index (χ2v) is 4.73. The highest BCUT2D eigenvalue weighted by molar-refractivity contribution is 5.53. The summed E-state index contributed by atoms with van der Waals surface area (Å²) >= 11 is 0. The van der Waals surface area contributed by atoms with Crippen molar-refractivity contribution in [1.82, 2.24) is 0 Å². The Hall–Kier alpha value is -1.74. The molecule has 0 amide bonds. The molecular formula is C16H21NO2. The number of hydrogen-bond acceptors (Lipinski definition) is 3. The zero-order valence-electron chi connectivity index (χ0n) is 11.7. The van der Waals surface area contributed by atoms with Gasteiger partial charge in [0.05, 0.1) is 25.3 Å². The van der Waals surface area contributed by atoms with Crippen LogP contribution in [0.2, 0.25) is 0 Å². The van der Waals surface area contributed by atoms with Gasteiger partial charge in [0.1, 0.15) is 11.5 Å². The van der Waals surface area contributed by atoms with E-state index in [9.17, 15) is 0 Å². The van der Waals surface area contributed by atoms with Crippen molar-refractivity contribution in [2.45, 2.75) is 18.9 Å². The van der Waals surface area contributed by atoms with E-state index in [1.54, 1.807) is 14.2 Å². The average Bonchev–Trinajstić information content (AvgIpc) is 2.46. The second-order valence-electron chi connectivity index (χ2n) is 4.73. The van der Waals surface area contributed by atoms with Crippen LogP contribution in [0.5, 0.6) is 11.5 Å².